The van der Waals surface area contributed by atoms with Gasteiger partial charge in [-0.1, -0.05) is 0 Å². The Hall–Kier alpha value is -0.580. The molecular weight excluding hydrogens is 188 g/mol. The van der Waals surface area contributed by atoms with E-state index in [-0.39, 0.29) is 0 Å². The van der Waals surface area contributed by atoms with E-state index in [2.05, 4.69) is 0 Å². The van der Waals surface area contributed by atoms with Crippen LogP contribution in [0.4, 0.5) is 0 Å². The summed E-state index contributed by atoms with van der Waals surface area (Å²) in [4.78, 5) is 0. The molecule has 2 N–H and O–H groups in total. The van der Waals surface area contributed by atoms with Gasteiger partial charge in [-0.2, -0.15) is 0 Å². The van der Waals surface area contributed by atoms with Crippen LogP contribution in [0.1, 0.15) is 0 Å². The Morgan fingerprint density at radius 2 is 1.20 bits per heavy atom. The fraction of sp³-hybridized carbons (Fsp3) is 0. The van der Waals surface area contributed by atoms with Gasteiger partial charge in [0.1, 0.15) is 0 Å². The first-order valence-electron chi connectivity index (χ1n) is 1.60. The predicted octanol–water partition coefficient (Wildman–Crippen LogP) is -1.37. The molecule has 0 radical (unpaired) electrons. The van der Waals surface area contributed by atoms with Crippen molar-refractivity contribution in [3.8, 4) is 0 Å². The van der Waals surface area contributed by atoms with Crippen molar-refractivity contribution in [2.45, 2.75) is 0 Å². The summed E-state index contributed by atoms with van der Waals surface area (Å²) in [5.74, 6) is 0. The van der Waals surface area contributed by atoms with Crippen LogP contribution >= 0.6 is 0 Å². The summed E-state index contributed by atoms with van der Waals surface area (Å²) >= 11 is 0. The van der Waals surface area contributed by atoms with Crippen LogP contribution in [0.25, 0.3) is 5.53 Å². The second-order valence-electron chi connectivity index (χ2n) is 1.13. The summed E-state index contributed by atoms with van der Waals surface area (Å²) < 4.78 is 52.6. The van der Waals surface area contributed by atoms with Gasteiger partial charge in [-0.15, -0.1) is 16.8 Å². The monoisotopic (exact) mass is 190 g/mol. The molecular formula is H2N2O6S2. The van der Waals surface area contributed by atoms with Gasteiger partial charge in [-0.3, -0.25) is 0 Å². The van der Waals surface area contributed by atoms with Gasteiger partial charge < -0.3 is 5.53 Å². The molecule has 60 valence electrons. The van der Waals surface area contributed by atoms with Gasteiger partial charge in [0.15, 0.2) is 0 Å². The summed E-state index contributed by atoms with van der Waals surface area (Å²) in [5, 5.41) is 0. The van der Waals surface area contributed by atoms with Crippen molar-refractivity contribution in [1.29, 1.82) is 0 Å². The summed E-state index contributed by atoms with van der Waals surface area (Å²) in [6, 6.07) is 0. The number of hydrogen-bond acceptors (Lipinski definition) is 4. The maximum Gasteiger partial charge on any atom is 0.514 e. The molecule has 0 unspecified atom stereocenters. The van der Waals surface area contributed by atoms with Crippen molar-refractivity contribution in [1.82, 2.24) is 0 Å². The van der Waals surface area contributed by atoms with Gasteiger partial charge in [0, 0.05) is 0 Å². The Balaban J connectivity index is 5.16. The van der Waals surface area contributed by atoms with E-state index in [9.17, 15) is 16.8 Å². The molecule has 10 heteroatoms. The van der Waals surface area contributed by atoms with E-state index < -0.39 is 24.1 Å². The lowest BCUT2D eigenvalue weighted by Crippen LogP contribution is -2.23. The molecule has 0 saturated heterocycles. The van der Waals surface area contributed by atoms with Crippen LogP contribution in [0.3, 0.4) is 0 Å². The van der Waals surface area contributed by atoms with Crippen molar-refractivity contribution in [3.63, 3.8) is 0 Å². The quantitative estimate of drug-likeness (QED) is 0.313. The SMILES string of the molecule is [N-]=[N+](S(=O)(=O)O)S(=O)(=O)O. The van der Waals surface area contributed by atoms with Gasteiger partial charge in [-0.25, -0.2) is 9.11 Å². The van der Waals surface area contributed by atoms with Crippen molar-refractivity contribution < 1.29 is 29.4 Å². The zero-order valence-electron chi connectivity index (χ0n) is 4.24. The van der Waals surface area contributed by atoms with Crippen molar-refractivity contribution in [2.75, 3.05) is 0 Å². The van der Waals surface area contributed by atoms with Crippen LogP contribution in [0, 0.1) is 0 Å². The molecule has 0 aliphatic carbocycles. The van der Waals surface area contributed by atoms with Crippen LogP contribution in [0.5, 0.6) is 0 Å². The van der Waals surface area contributed by atoms with Gasteiger partial charge in [0.05, 0.1) is 0 Å². The van der Waals surface area contributed by atoms with Crippen LogP contribution in [-0.4, -0.2) is 29.4 Å². The lowest BCUT2D eigenvalue weighted by Gasteiger charge is -1.93. The predicted molar refractivity (Wildman–Crippen MR) is 26.7 cm³/mol. The number of nitrogens with zero attached hydrogens (tertiary/aromatic N) is 2. The highest BCUT2D eigenvalue weighted by Crippen LogP contribution is 1.92. The van der Waals surface area contributed by atoms with E-state index >= 15 is 0 Å². The Morgan fingerprint density at radius 3 is 1.20 bits per heavy atom. The Labute approximate surface area is 56.3 Å². The molecule has 0 aliphatic rings. The van der Waals surface area contributed by atoms with Gasteiger partial charge >= 0.3 is 20.6 Å². The fourth-order valence-corrected chi connectivity index (χ4v) is 1.07. The summed E-state index contributed by atoms with van der Waals surface area (Å²) in [7, 11) is -10.6. The van der Waals surface area contributed by atoms with E-state index in [1.807, 2.05) is 0 Å². The topological polar surface area (TPSA) is 134 Å². The molecule has 10 heavy (non-hydrogen) atoms. The summed E-state index contributed by atoms with van der Waals surface area (Å²) in [6.45, 7) is 0. The highest BCUT2D eigenvalue weighted by atomic mass is 32.3. The van der Waals surface area contributed by atoms with Crippen molar-refractivity contribution >= 4 is 20.6 Å². The minimum atomic E-state index is -5.31. The zero-order chi connectivity index (χ0) is 8.58. The largest absolute Gasteiger partial charge is 0.514 e. The van der Waals surface area contributed by atoms with Gasteiger partial charge in [0.2, 0.25) is 0 Å². The molecule has 0 aliphatic heterocycles. The zero-order valence-corrected chi connectivity index (χ0v) is 5.87. The Bertz CT molecular complexity index is 296. The van der Waals surface area contributed by atoms with E-state index in [4.69, 9.17) is 14.6 Å². The molecule has 0 aromatic heterocycles. The maximum absolute atomic E-state index is 9.67. The highest BCUT2D eigenvalue weighted by molar-refractivity contribution is 7.91. The van der Waals surface area contributed by atoms with Crippen LogP contribution in [-0.2, 0) is 20.6 Å². The average molecular weight is 190 g/mol. The Morgan fingerprint density at radius 1 is 1.00 bits per heavy atom. The molecule has 0 aromatic carbocycles. The van der Waals surface area contributed by atoms with Crippen LogP contribution in [0.15, 0.2) is 0 Å². The summed E-state index contributed by atoms with van der Waals surface area (Å²) in [5.41, 5.74) is 7.88. The molecule has 8 nitrogen and oxygen atoms in total. The lowest BCUT2D eigenvalue weighted by molar-refractivity contribution is -0.231. The molecule has 0 saturated carbocycles. The lowest BCUT2D eigenvalue weighted by atomic mass is 13.2. The van der Waals surface area contributed by atoms with Crippen LogP contribution in [0.2, 0.25) is 0 Å². The van der Waals surface area contributed by atoms with Crippen LogP contribution < -0.4 is 0 Å². The first-order valence-corrected chi connectivity index (χ1v) is 4.39. The molecule has 0 heterocycles. The molecule has 0 fully saturated rings. The molecule has 0 atom stereocenters. The number of rotatable bonds is 2. The van der Waals surface area contributed by atoms with Crippen molar-refractivity contribution in [3.05, 3.63) is 5.53 Å². The standard InChI is InChI=1S/H2N2O6S2/c1-2(9(3,4)5)10(6,7)8/h(H,3,4,5)(H,6,7,8). The van der Waals surface area contributed by atoms with E-state index in [0.29, 0.717) is 0 Å². The first-order chi connectivity index (χ1) is 4.15. The van der Waals surface area contributed by atoms with Gasteiger partial charge in [0.25, 0.3) is 0 Å². The third kappa shape index (κ3) is 2.34. The molecule has 0 spiro atoms. The highest BCUT2D eigenvalue weighted by Gasteiger charge is 2.27. The molecule has 0 rings (SSSR count). The van der Waals surface area contributed by atoms with Gasteiger partial charge in [-0.05, 0) is 3.51 Å². The normalized spacial score (nSPS) is 13.0. The minimum absolute atomic E-state index is 1.57. The molecule has 0 aromatic rings. The van der Waals surface area contributed by atoms with Crippen molar-refractivity contribution in [2.24, 2.45) is 0 Å². The third-order valence-electron chi connectivity index (χ3n) is 0.395. The summed E-state index contributed by atoms with van der Waals surface area (Å²) in [6.07, 6.45) is 0. The third-order valence-corrected chi connectivity index (χ3v) is 2.31. The second kappa shape index (κ2) is 2.23. The van der Waals surface area contributed by atoms with E-state index in [0.717, 1.165) is 0 Å². The average Bonchev–Trinajstić information content (AvgIpc) is 1.59. The fourth-order valence-electron chi connectivity index (χ4n) is 0.119. The van der Waals surface area contributed by atoms with E-state index in [1.165, 1.54) is 0 Å². The minimum Gasteiger partial charge on any atom is -0.463 e. The number of hydrogen-bond donors (Lipinski definition) is 2. The maximum atomic E-state index is 9.67. The molecule has 0 amide bonds. The molecule has 0 bridgehead atoms. The smallest absolute Gasteiger partial charge is 0.463 e. The van der Waals surface area contributed by atoms with E-state index in [1.54, 1.807) is 0 Å². The first kappa shape index (κ1) is 9.42. The Kier molecular flexibility index (Phi) is 2.10. The second-order valence-corrected chi connectivity index (χ2v) is 3.85.